The number of hydrogen-bond donors (Lipinski definition) is 1. The number of halogens is 1. The van der Waals surface area contributed by atoms with Crippen molar-refractivity contribution in [1.29, 1.82) is 0 Å². The maximum absolute atomic E-state index is 14.8. The first-order valence-electron chi connectivity index (χ1n) is 10.6. The van der Waals surface area contributed by atoms with E-state index >= 15 is 0 Å². The average molecular weight is 408 g/mol. The molecule has 2 aromatic carbocycles. The molecule has 0 aliphatic carbocycles. The summed E-state index contributed by atoms with van der Waals surface area (Å²) in [5, 5.41) is 3.24. The van der Waals surface area contributed by atoms with Gasteiger partial charge in [0, 0.05) is 44.5 Å². The van der Waals surface area contributed by atoms with Crippen LogP contribution in [0.15, 0.2) is 59.2 Å². The lowest BCUT2D eigenvalue weighted by atomic mass is 9.98. The van der Waals surface area contributed by atoms with Crippen molar-refractivity contribution in [2.45, 2.75) is 25.9 Å². The van der Waals surface area contributed by atoms with Crippen LogP contribution in [0.25, 0.3) is 11.1 Å². The van der Waals surface area contributed by atoms with Gasteiger partial charge >= 0.3 is 0 Å². The fourth-order valence-corrected chi connectivity index (χ4v) is 4.30. The topological polar surface area (TPSA) is 31.6 Å². The van der Waals surface area contributed by atoms with Crippen molar-refractivity contribution in [3.63, 3.8) is 0 Å². The van der Waals surface area contributed by atoms with Crippen LogP contribution in [0.3, 0.4) is 0 Å². The van der Waals surface area contributed by atoms with Crippen LogP contribution in [-0.4, -0.2) is 43.5 Å². The minimum atomic E-state index is -0.154. The highest BCUT2D eigenvalue weighted by molar-refractivity contribution is 5.69. The van der Waals surface area contributed by atoms with E-state index in [4.69, 9.17) is 4.42 Å². The summed E-state index contributed by atoms with van der Waals surface area (Å²) in [7, 11) is 4.06. The number of benzene rings is 2. The maximum atomic E-state index is 14.8. The second-order valence-corrected chi connectivity index (χ2v) is 8.05. The van der Waals surface area contributed by atoms with Crippen molar-refractivity contribution in [2.24, 2.45) is 0 Å². The quantitative estimate of drug-likeness (QED) is 0.610. The third-order valence-corrected chi connectivity index (χ3v) is 6.07. The van der Waals surface area contributed by atoms with E-state index in [9.17, 15) is 4.39 Å². The maximum Gasteiger partial charge on any atom is 0.127 e. The Bertz CT molecular complexity index is 986. The highest BCUT2D eigenvalue weighted by Gasteiger charge is 2.29. The monoisotopic (exact) mass is 407 g/mol. The van der Waals surface area contributed by atoms with Gasteiger partial charge < -0.3 is 14.6 Å². The standard InChI is InChI=1S/C25H30FN3O/c1-4-18-14-20(8-10-23(18)27-2)19-7-9-22(26)21(15-19)16-29-12-11-28(3)17-24(29)25-6-5-13-30-25/h5-10,13-15,24,27H,4,11-12,16-17H2,1-3H3. The normalized spacial score (nSPS) is 17.9. The molecule has 5 heteroatoms. The van der Waals surface area contributed by atoms with Gasteiger partial charge in [0.1, 0.15) is 11.6 Å². The number of rotatable bonds is 6. The highest BCUT2D eigenvalue weighted by Crippen LogP contribution is 2.30. The van der Waals surface area contributed by atoms with Crippen molar-refractivity contribution >= 4 is 5.69 Å². The molecule has 1 fully saturated rings. The van der Waals surface area contributed by atoms with Gasteiger partial charge in [-0.05, 0) is 66.6 Å². The largest absolute Gasteiger partial charge is 0.468 e. The second kappa shape index (κ2) is 9.02. The fourth-order valence-electron chi connectivity index (χ4n) is 4.30. The van der Waals surface area contributed by atoms with Crippen LogP contribution in [0.1, 0.15) is 29.9 Å². The minimum absolute atomic E-state index is 0.128. The van der Waals surface area contributed by atoms with Gasteiger partial charge in [-0.1, -0.05) is 19.1 Å². The van der Waals surface area contributed by atoms with E-state index in [1.165, 1.54) is 5.56 Å². The van der Waals surface area contributed by atoms with E-state index in [0.717, 1.165) is 54.2 Å². The highest BCUT2D eigenvalue weighted by atomic mass is 19.1. The molecule has 1 unspecified atom stereocenters. The van der Waals surface area contributed by atoms with Gasteiger partial charge in [0.05, 0.1) is 12.3 Å². The molecule has 1 aliphatic heterocycles. The lowest BCUT2D eigenvalue weighted by molar-refractivity contribution is 0.0696. The summed E-state index contributed by atoms with van der Waals surface area (Å²) >= 11 is 0. The number of likely N-dealkylation sites (N-methyl/N-ethyl adjacent to an activating group) is 1. The molecular weight excluding hydrogens is 377 g/mol. The lowest BCUT2D eigenvalue weighted by Crippen LogP contribution is -2.46. The molecule has 3 aromatic rings. The van der Waals surface area contributed by atoms with Crippen LogP contribution in [0.2, 0.25) is 0 Å². The Balaban J connectivity index is 1.62. The van der Waals surface area contributed by atoms with Crippen LogP contribution >= 0.6 is 0 Å². The van der Waals surface area contributed by atoms with Crippen LogP contribution in [0.4, 0.5) is 10.1 Å². The van der Waals surface area contributed by atoms with Crippen LogP contribution in [0.5, 0.6) is 0 Å². The first kappa shape index (κ1) is 20.6. The number of aryl methyl sites for hydroxylation is 1. The first-order valence-corrected chi connectivity index (χ1v) is 10.6. The van der Waals surface area contributed by atoms with Crippen molar-refractivity contribution in [3.05, 3.63) is 77.5 Å². The van der Waals surface area contributed by atoms with Crippen LogP contribution in [0, 0.1) is 5.82 Å². The molecule has 158 valence electrons. The minimum Gasteiger partial charge on any atom is -0.468 e. The average Bonchev–Trinajstić information content (AvgIpc) is 3.30. The molecular formula is C25H30FN3O. The molecule has 0 amide bonds. The number of anilines is 1. The summed E-state index contributed by atoms with van der Waals surface area (Å²) in [6.45, 7) is 5.43. The Kier molecular flexibility index (Phi) is 6.21. The molecule has 0 spiro atoms. The zero-order chi connectivity index (χ0) is 21.1. The van der Waals surface area contributed by atoms with Gasteiger partial charge in [-0.25, -0.2) is 4.39 Å². The summed E-state index contributed by atoms with van der Waals surface area (Å²) < 4.78 is 20.5. The van der Waals surface area contributed by atoms with Crippen LogP contribution < -0.4 is 5.32 Å². The number of piperazine rings is 1. The zero-order valence-corrected chi connectivity index (χ0v) is 18.0. The summed E-state index contributed by atoms with van der Waals surface area (Å²) in [6.07, 6.45) is 2.66. The van der Waals surface area contributed by atoms with E-state index in [2.05, 4.69) is 47.3 Å². The predicted molar refractivity (Wildman–Crippen MR) is 120 cm³/mol. The van der Waals surface area contributed by atoms with E-state index in [1.807, 2.05) is 31.3 Å². The smallest absolute Gasteiger partial charge is 0.127 e. The Morgan fingerprint density at radius 1 is 1.07 bits per heavy atom. The van der Waals surface area contributed by atoms with Gasteiger partial charge in [0.25, 0.3) is 0 Å². The fraction of sp³-hybridized carbons (Fsp3) is 0.360. The van der Waals surface area contributed by atoms with Crippen molar-refractivity contribution in [1.82, 2.24) is 9.80 Å². The summed E-state index contributed by atoms with van der Waals surface area (Å²) in [4.78, 5) is 4.62. The number of hydrogen-bond acceptors (Lipinski definition) is 4. The van der Waals surface area contributed by atoms with E-state index in [1.54, 1.807) is 12.3 Å². The third-order valence-electron chi connectivity index (χ3n) is 6.07. The summed E-state index contributed by atoms with van der Waals surface area (Å²) in [5.74, 6) is 0.784. The predicted octanol–water partition coefficient (Wildman–Crippen LogP) is 5.18. The Hall–Kier alpha value is -2.63. The molecule has 2 heterocycles. The second-order valence-electron chi connectivity index (χ2n) is 8.05. The molecule has 1 aromatic heterocycles. The molecule has 1 atom stereocenters. The number of furan rings is 1. The Labute approximate surface area is 178 Å². The molecule has 0 radical (unpaired) electrons. The van der Waals surface area contributed by atoms with Gasteiger partial charge in [0.2, 0.25) is 0 Å². The summed E-state index contributed by atoms with van der Waals surface area (Å²) in [6, 6.07) is 15.9. The van der Waals surface area contributed by atoms with E-state index in [-0.39, 0.29) is 11.9 Å². The van der Waals surface area contributed by atoms with Crippen LogP contribution in [-0.2, 0) is 13.0 Å². The SMILES string of the molecule is CCc1cc(-c2ccc(F)c(CN3CCN(C)CC3c3ccco3)c2)ccc1NC. The third kappa shape index (κ3) is 4.27. The van der Waals surface area contributed by atoms with Gasteiger partial charge in [-0.3, -0.25) is 4.90 Å². The molecule has 1 aliphatic rings. The van der Waals surface area contributed by atoms with Crippen molar-refractivity contribution in [3.8, 4) is 11.1 Å². The van der Waals surface area contributed by atoms with E-state index < -0.39 is 0 Å². The van der Waals surface area contributed by atoms with Crippen molar-refractivity contribution < 1.29 is 8.81 Å². The molecule has 4 rings (SSSR count). The molecule has 1 saturated heterocycles. The Morgan fingerprint density at radius 3 is 2.53 bits per heavy atom. The molecule has 0 saturated carbocycles. The molecule has 30 heavy (non-hydrogen) atoms. The first-order chi connectivity index (χ1) is 14.6. The molecule has 0 bridgehead atoms. The summed E-state index contributed by atoms with van der Waals surface area (Å²) in [5.41, 5.74) is 5.30. The number of nitrogens with one attached hydrogen (secondary N) is 1. The van der Waals surface area contributed by atoms with Gasteiger partial charge in [-0.15, -0.1) is 0 Å². The molecule has 4 nitrogen and oxygen atoms in total. The number of nitrogens with zero attached hydrogens (tertiary/aromatic N) is 2. The lowest BCUT2D eigenvalue weighted by Gasteiger charge is -2.39. The zero-order valence-electron chi connectivity index (χ0n) is 18.0. The van der Waals surface area contributed by atoms with Gasteiger partial charge in [-0.2, -0.15) is 0 Å². The van der Waals surface area contributed by atoms with E-state index in [0.29, 0.717) is 6.54 Å². The van der Waals surface area contributed by atoms with Gasteiger partial charge in [0.15, 0.2) is 0 Å². The Morgan fingerprint density at radius 2 is 1.83 bits per heavy atom. The molecule has 1 N–H and O–H groups in total. The van der Waals surface area contributed by atoms with Crippen molar-refractivity contribution in [2.75, 3.05) is 39.0 Å².